The molecule has 1 aliphatic rings. The van der Waals surface area contributed by atoms with Gasteiger partial charge in [-0.15, -0.1) is 0 Å². The van der Waals surface area contributed by atoms with Gasteiger partial charge in [-0.3, -0.25) is 0 Å². The molecule has 0 unspecified atom stereocenters. The van der Waals surface area contributed by atoms with Crippen molar-refractivity contribution in [2.45, 2.75) is 37.8 Å². The van der Waals surface area contributed by atoms with E-state index in [2.05, 4.69) is 0 Å². The van der Waals surface area contributed by atoms with Crippen LogP contribution in [0.15, 0.2) is 42.6 Å². The molecule has 0 bridgehead atoms. The summed E-state index contributed by atoms with van der Waals surface area (Å²) in [6.07, 6.45) is -6.40. The van der Waals surface area contributed by atoms with Crippen LogP contribution in [-0.4, -0.2) is 10.7 Å². The number of alkyl halides is 6. The molecule has 1 saturated carbocycles. The summed E-state index contributed by atoms with van der Waals surface area (Å²) in [7, 11) is 0. The van der Waals surface area contributed by atoms with Gasteiger partial charge in [-0.2, -0.15) is 26.3 Å². The number of nitrogens with zero attached hydrogens (tertiary/aromatic N) is 1. The van der Waals surface area contributed by atoms with Gasteiger partial charge < -0.3 is 10.3 Å². The van der Waals surface area contributed by atoms with Crippen molar-refractivity contribution in [1.29, 1.82) is 0 Å². The summed E-state index contributed by atoms with van der Waals surface area (Å²) >= 11 is 0. The van der Waals surface area contributed by atoms with Crippen molar-refractivity contribution in [3.05, 3.63) is 59.5 Å². The average molecular weight is 430 g/mol. The molecule has 9 heteroatoms. The third kappa shape index (κ3) is 3.78. The molecule has 160 valence electrons. The average Bonchev–Trinajstić information content (AvgIpc) is 3.40. The van der Waals surface area contributed by atoms with E-state index in [1.54, 1.807) is 0 Å². The molecule has 4 rings (SSSR count). The number of halogens is 7. The summed E-state index contributed by atoms with van der Waals surface area (Å²) < 4.78 is 96.3. The number of hydrogen-bond acceptors (Lipinski definition) is 1. The van der Waals surface area contributed by atoms with Crippen molar-refractivity contribution >= 4 is 10.9 Å². The first-order chi connectivity index (χ1) is 14.0. The summed E-state index contributed by atoms with van der Waals surface area (Å²) in [5.74, 6) is -0.773. The summed E-state index contributed by atoms with van der Waals surface area (Å²) in [6, 6.07) is 4.23. The van der Waals surface area contributed by atoms with Gasteiger partial charge in [0, 0.05) is 34.8 Å². The fraction of sp³-hybridized carbons (Fsp3) is 0.333. The Balaban J connectivity index is 1.94. The summed E-state index contributed by atoms with van der Waals surface area (Å²) in [6.45, 7) is 0.396. The van der Waals surface area contributed by atoms with Crippen LogP contribution in [0.1, 0.15) is 30.0 Å². The van der Waals surface area contributed by atoms with Crippen LogP contribution in [0.3, 0.4) is 0 Å². The van der Waals surface area contributed by atoms with Crippen molar-refractivity contribution in [2.24, 2.45) is 11.7 Å². The third-order valence-corrected chi connectivity index (χ3v) is 5.36. The number of hydrogen-bond donors (Lipinski definition) is 1. The van der Waals surface area contributed by atoms with Crippen LogP contribution in [0.25, 0.3) is 22.0 Å². The maximum Gasteiger partial charge on any atom is 0.417 e. The van der Waals surface area contributed by atoms with E-state index < -0.39 is 29.8 Å². The molecule has 2 N–H and O–H groups in total. The highest BCUT2D eigenvalue weighted by Gasteiger charge is 2.40. The van der Waals surface area contributed by atoms with E-state index in [1.165, 1.54) is 29.0 Å². The highest BCUT2D eigenvalue weighted by molar-refractivity contribution is 5.89. The number of rotatable bonds is 4. The van der Waals surface area contributed by atoms with Crippen molar-refractivity contribution in [1.82, 2.24) is 4.57 Å². The molecule has 0 saturated heterocycles. The van der Waals surface area contributed by atoms with Gasteiger partial charge >= 0.3 is 12.4 Å². The first kappa shape index (κ1) is 20.7. The standard InChI is InChI=1S/C21H17F7N2/c22-17-7-14-15(19(29)21(26,27)28)10-30(9-11-5-6-11)18(14)8-13(17)12-3-1-2-4-16(12)20(23,24)25/h1-4,7-8,10-11,19H,5-6,9,29H2/t19-/m0/s1. The first-order valence-electron chi connectivity index (χ1n) is 9.28. The highest BCUT2D eigenvalue weighted by Crippen LogP contribution is 2.42. The van der Waals surface area contributed by atoms with E-state index in [0.717, 1.165) is 31.0 Å². The molecule has 1 aromatic heterocycles. The Kier molecular flexibility index (Phi) is 4.84. The molecule has 2 nitrogen and oxygen atoms in total. The Labute approximate surface area is 167 Å². The smallest absolute Gasteiger partial charge is 0.347 e. The fourth-order valence-electron chi connectivity index (χ4n) is 3.66. The predicted molar refractivity (Wildman–Crippen MR) is 98.0 cm³/mol. The van der Waals surface area contributed by atoms with Crippen LogP contribution >= 0.6 is 0 Å². The van der Waals surface area contributed by atoms with Gasteiger partial charge in [0.15, 0.2) is 0 Å². The largest absolute Gasteiger partial charge is 0.417 e. The molecule has 0 amide bonds. The Morgan fingerprint density at radius 1 is 1.00 bits per heavy atom. The van der Waals surface area contributed by atoms with Gasteiger partial charge in [0.05, 0.1) is 5.56 Å². The Morgan fingerprint density at radius 3 is 2.27 bits per heavy atom. The monoisotopic (exact) mass is 430 g/mol. The highest BCUT2D eigenvalue weighted by atomic mass is 19.4. The second kappa shape index (κ2) is 7.01. The second-order valence-electron chi connectivity index (χ2n) is 7.59. The van der Waals surface area contributed by atoms with Crippen LogP contribution in [0.4, 0.5) is 30.7 Å². The van der Waals surface area contributed by atoms with E-state index in [4.69, 9.17) is 5.73 Å². The molecule has 1 atom stereocenters. The number of aromatic nitrogens is 1. The first-order valence-corrected chi connectivity index (χ1v) is 9.28. The molecule has 1 aliphatic carbocycles. The van der Waals surface area contributed by atoms with Gasteiger partial charge in [0.25, 0.3) is 0 Å². The van der Waals surface area contributed by atoms with E-state index in [9.17, 15) is 30.7 Å². The minimum Gasteiger partial charge on any atom is -0.347 e. The molecule has 0 aliphatic heterocycles. The van der Waals surface area contributed by atoms with E-state index in [1.807, 2.05) is 0 Å². The quantitative estimate of drug-likeness (QED) is 0.475. The van der Waals surface area contributed by atoms with E-state index in [0.29, 0.717) is 6.54 Å². The lowest BCUT2D eigenvalue weighted by Gasteiger charge is -2.16. The van der Waals surface area contributed by atoms with Crippen LogP contribution in [-0.2, 0) is 12.7 Å². The molecule has 30 heavy (non-hydrogen) atoms. The molecular formula is C21H17F7N2. The lowest BCUT2D eigenvalue weighted by molar-refractivity contribution is -0.148. The van der Waals surface area contributed by atoms with Crippen LogP contribution in [0.2, 0.25) is 0 Å². The SMILES string of the molecule is N[C@@H](c1cn(CC2CC2)c2cc(-c3ccccc3C(F)(F)F)c(F)cc12)C(F)(F)F. The lowest BCUT2D eigenvalue weighted by atomic mass is 9.96. The summed E-state index contributed by atoms with van der Waals surface area (Å²) in [5, 5.41) is -0.0498. The number of benzene rings is 2. The summed E-state index contributed by atoms with van der Waals surface area (Å²) in [5.41, 5.74) is 3.59. The molecule has 2 aromatic carbocycles. The number of fused-ring (bicyclic) bond motifs is 1. The zero-order valence-electron chi connectivity index (χ0n) is 15.5. The van der Waals surface area contributed by atoms with Crippen molar-refractivity contribution in [3.8, 4) is 11.1 Å². The minimum absolute atomic E-state index is 0.0498. The minimum atomic E-state index is -4.74. The van der Waals surface area contributed by atoms with E-state index in [-0.39, 0.29) is 33.5 Å². The molecule has 3 aromatic rings. The lowest BCUT2D eigenvalue weighted by Crippen LogP contribution is -2.28. The van der Waals surface area contributed by atoms with Gasteiger partial charge in [0.1, 0.15) is 11.9 Å². The maximum absolute atomic E-state index is 14.9. The van der Waals surface area contributed by atoms with E-state index >= 15 is 0 Å². The normalized spacial score (nSPS) is 16.3. The molecule has 0 radical (unpaired) electrons. The Morgan fingerprint density at radius 2 is 1.67 bits per heavy atom. The van der Waals surface area contributed by atoms with Crippen LogP contribution in [0, 0.1) is 11.7 Å². The predicted octanol–water partition coefficient (Wildman–Crippen LogP) is 6.44. The zero-order chi connectivity index (χ0) is 21.8. The molecule has 1 fully saturated rings. The zero-order valence-corrected chi connectivity index (χ0v) is 15.5. The van der Waals surface area contributed by atoms with Gasteiger partial charge in [-0.25, -0.2) is 4.39 Å². The molecule has 0 spiro atoms. The molecule has 1 heterocycles. The van der Waals surface area contributed by atoms with Crippen molar-refractivity contribution < 1.29 is 30.7 Å². The fourth-order valence-corrected chi connectivity index (χ4v) is 3.66. The van der Waals surface area contributed by atoms with Gasteiger partial charge in [-0.05, 0) is 42.5 Å². The molecular weight excluding hydrogens is 413 g/mol. The van der Waals surface area contributed by atoms with Crippen LogP contribution < -0.4 is 5.73 Å². The topological polar surface area (TPSA) is 30.9 Å². The maximum atomic E-state index is 14.9. The number of nitrogens with two attached hydrogens (primary N) is 1. The van der Waals surface area contributed by atoms with Crippen molar-refractivity contribution in [3.63, 3.8) is 0 Å². The van der Waals surface area contributed by atoms with Gasteiger partial charge in [-0.1, -0.05) is 18.2 Å². The summed E-state index contributed by atoms with van der Waals surface area (Å²) in [4.78, 5) is 0. The van der Waals surface area contributed by atoms with Crippen molar-refractivity contribution in [2.75, 3.05) is 0 Å². The third-order valence-electron chi connectivity index (χ3n) is 5.36. The Hall–Kier alpha value is -2.55. The van der Waals surface area contributed by atoms with Gasteiger partial charge in [0.2, 0.25) is 0 Å². The Bertz CT molecular complexity index is 1090. The van der Waals surface area contributed by atoms with Crippen LogP contribution in [0.5, 0.6) is 0 Å². The second-order valence-corrected chi connectivity index (χ2v) is 7.59.